The number of hydrogen-bond donors (Lipinski definition) is 2. The standard InChI is InChI=1S/C23H33N5OS.HI/c1-24-23(26-21-7-9-28(10-8-21)22-6-3-15-30-22)25-17-19-4-2-5-20(16-19)18-27-11-13-29-14-12-27;/h2-6,15-16,21H,7-14,17-18H2,1H3,(H2,24,25,26);1H. The van der Waals surface area contributed by atoms with Gasteiger partial charge in [-0.05, 0) is 41.5 Å². The lowest BCUT2D eigenvalue weighted by Crippen LogP contribution is -2.48. The van der Waals surface area contributed by atoms with Gasteiger partial charge in [0.15, 0.2) is 5.96 Å². The monoisotopic (exact) mass is 555 g/mol. The van der Waals surface area contributed by atoms with Crippen LogP contribution >= 0.6 is 35.3 Å². The summed E-state index contributed by atoms with van der Waals surface area (Å²) in [7, 11) is 1.85. The van der Waals surface area contributed by atoms with Crippen molar-refractivity contribution in [3.63, 3.8) is 0 Å². The number of aliphatic imine (C=N–C) groups is 1. The number of ether oxygens (including phenoxy) is 1. The molecule has 0 radical (unpaired) electrons. The lowest BCUT2D eigenvalue weighted by molar-refractivity contribution is 0.0342. The Kier molecular flexibility index (Phi) is 9.89. The van der Waals surface area contributed by atoms with Crippen molar-refractivity contribution in [2.45, 2.75) is 32.0 Å². The lowest BCUT2D eigenvalue weighted by Gasteiger charge is -2.33. The third kappa shape index (κ3) is 7.34. The van der Waals surface area contributed by atoms with Gasteiger partial charge in [-0.3, -0.25) is 9.89 Å². The molecule has 8 heteroatoms. The Morgan fingerprint density at radius 3 is 2.58 bits per heavy atom. The molecule has 0 atom stereocenters. The highest BCUT2D eigenvalue weighted by Crippen LogP contribution is 2.24. The van der Waals surface area contributed by atoms with Gasteiger partial charge in [0.05, 0.1) is 18.2 Å². The minimum absolute atomic E-state index is 0. The molecule has 31 heavy (non-hydrogen) atoms. The van der Waals surface area contributed by atoms with Gasteiger partial charge in [0.25, 0.3) is 0 Å². The highest BCUT2D eigenvalue weighted by molar-refractivity contribution is 14.0. The van der Waals surface area contributed by atoms with Gasteiger partial charge >= 0.3 is 0 Å². The Morgan fingerprint density at radius 2 is 1.87 bits per heavy atom. The van der Waals surface area contributed by atoms with Gasteiger partial charge < -0.3 is 20.3 Å². The summed E-state index contributed by atoms with van der Waals surface area (Å²) in [6.45, 7) is 7.69. The van der Waals surface area contributed by atoms with Crippen molar-refractivity contribution in [2.24, 2.45) is 4.99 Å². The zero-order valence-corrected chi connectivity index (χ0v) is 21.4. The molecule has 0 unspecified atom stereocenters. The molecule has 2 fully saturated rings. The second-order valence-electron chi connectivity index (χ2n) is 7.99. The largest absolute Gasteiger partial charge is 0.379 e. The molecule has 0 spiro atoms. The number of nitrogens with zero attached hydrogens (tertiary/aromatic N) is 3. The highest BCUT2D eigenvalue weighted by atomic mass is 127. The number of hydrogen-bond acceptors (Lipinski definition) is 5. The first-order valence-electron chi connectivity index (χ1n) is 10.9. The number of nitrogens with one attached hydrogen (secondary N) is 2. The van der Waals surface area contributed by atoms with E-state index in [4.69, 9.17) is 4.74 Å². The lowest BCUT2D eigenvalue weighted by atomic mass is 10.1. The fraction of sp³-hybridized carbons (Fsp3) is 0.522. The number of guanidine groups is 1. The molecule has 2 saturated heterocycles. The van der Waals surface area contributed by atoms with Crippen molar-refractivity contribution in [2.75, 3.05) is 51.3 Å². The topological polar surface area (TPSA) is 52.1 Å². The van der Waals surface area contributed by atoms with E-state index in [9.17, 15) is 0 Å². The summed E-state index contributed by atoms with van der Waals surface area (Å²) in [6.07, 6.45) is 2.27. The summed E-state index contributed by atoms with van der Waals surface area (Å²) in [5.74, 6) is 0.892. The molecule has 1 aromatic heterocycles. The van der Waals surface area contributed by atoms with Crippen LogP contribution in [-0.4, -0.2) is 63.3 Å². The van der Waals surface area contributed by atoms with E-state index >= 15 is 0 Å². The van der Waals surface area contributed by atoms with E-state index in [1.807, 2.05) is 18.4 Å². The molecule has 2 aliphatic rings. The fourth-order valence-electron chi connectivity index (χ4n) is 4.12. The van der Waals surface area contributed by atoms with Crippen LogP contribution in [0.5, 0.6) is 0 Å². The summed E-state index contributed by atoms with van der Waals surface area (Å²) in [5.41, 5.74) is 2.65. The highest BCUT2D eigenvalue weighted by Gasteiger charge is 2.20. The van der Waals surface area contributed by atoms with Gasteiger partial charge in [0.1, 0.15) is 0 Å². The van der Waals surface area contributed by atoms with Crippen LogP contribution < -0.4 is 15.5 Å². The molecular weight excluding hydrogens is 521 g/mol. The van der Waals surface area contributed by atoms with Crippen molar-refractivity contribution < 1.29 is 4.74 Å². The third-order valence-corrected chi connectivity index (χ3v) is 6.77. The van der Waals surface area contributed by atoms with E-state index in [1.165, 1.54) is 16.1 Å². The number of morpholine rings is 1. The van der Waals surface area contributed by atoms with E-state index in [-0.39, 0.29) is 24.0 Å². The van der Waals surface area contributed by atoms with Crippen LogP contribution in [0.1, 0.15) is 24.0 Å². The number of halogens is 1. The Bertz CT molecular complexity index is 802. The number of rotatable bonds is 6. The van der Waals surface area contributed by atoms with Crippen molar-refractivity contribution in [1.29, 1.82) is 0 Å². The number of anilines is 1. The molecule has 0 amide bonds. The van der Waals surface area contributed by atoms with Crippen LogP contribution in [0.3, 0.4) is 0 Å². The molecule has 1 aromatic carbocycles. The zero-order chi connectivity index (χ0) is 20.6. The summed E-state index contributed by atoms with van der Waals surface area (Å²) < 4.78 is 5.45. The molecule has 0 aliphatic carbocycles. The molecule has 6 nitrogen and oxygen atoms in total. The predicted molar refractivity (Wildman–Crippen MR) is 141 cm³/mol. The van der Waals surface area contributed by atoms with E-state index in [1.54, 1.807) is 0 Å². The molecule has 170 valence electrons. The third-order valence-electron chi connectivity index (χ3n) is 5.84. The Morgan fingerprint density at radius 1 is 1.10 bits per heavy atom. The van der Waals surface area contributed by atoms with Crippen LogP contribution in [0, 0.1) is 0 Å². The SMILES string of the molecule is CN=C(NCc1cccc(CN2CCOCC2)c1)NC1CCN(c2cccs2)CC1.I. The van der Waals surface area contributed by atoms with E-state index in [2.05, 4.69) is 67.2 Å². The summed E-state index contributed by atoms with van der Waals surface area (Å²) in [4.78, 5) is 9.39. The fourth-order valence-corrected chi connectivity index (χ4v) is 4.91. The number of benzene rings is 1. The Balaban J connectivity index is 0.00000272. The quantitative estimate of drug-likeness (QED) is 0.325. The first-order chi connectivity index (χ1) is 14.8. The second kappa shape index (κ2) is 12.6. The van der Waals surface area contributed by atoms with Crippen LogP contribution in [0.15, 0.2) is 46.8 Å². The maximum absolute atomic E-state index is 5.45. The van der Waals surface area contributed by atoms with E-state index < -0.39 is 0 Å². The van der Waals surface area contributed by atoms with Crippen LogP contribution in [-0.2, 0) is 17.8 Å². The van der Waals surface area contributed by atoms with Crippen molar-refractivity contribution in [3.8, 4) is 0 Å². The average Bonchev–Trinajstić information content (AvgIpc) is 3.33. The van der Waals surface area contributed by atoms with Crippen LogP contribution in [0.4, 0.5) is 5.00 Å². The molecule has 0 saturated carbocycles. The minimum atomic E-state index is 0. The summed E-state index contributed by atoms with van der Waals surface area (Å²) in [5, 5.41) is 10.6. The maximum atomic E-state index is 5.45. The van der Waals surface area contributed by atoms with Gasteiger partial charge in [-0.15, -0.1) is 35.3 Å². The maximum Gasteiger partial charge on any atom is 0.191 e. The zero-order valence-electron chi connectivity index (χ0n) is 18.3. The normalized spacial score (nSPS) is 18.5. The van der Waals surface area contributed by atoms with Gasteiger partial charge in [0.2, 0.25) is 0 Å². The summed E-state index contributed by atoms with van der Waals surface area (Å²) >= 11 is 1.83. The van der Waals surface area contributed by atoms with Gasteiger partial charge in [-0.2, -0.15) is 0 Å². The van der Waals surface area contributed by atoms with E-state index in [0.29, 0.717) is 6.04 Å². The number of thiophene rings is 1. The molecular formula is C23H34IN5OS. The molecule has 2 aliphatic heterocycles. The van der Waals surface area contributed by atoms with Crippen molar-refractivity contribution in [3.05, 3.63) is 52.9 Å². The van der Waals surface area contributed by atoms with Crippen LogP contribution in [0.25, 0.3) is 0 Å². The predicted octanol–water partition coefficient (Wildman–Crippen LogP) is 3.53. The van der Waals surface area contributed by atoms with Gasteiger partial charge in [0, 0.05) is 52.4 Å². The van der Waals surface area contributed by atoms with Gasteiger partial charge in [-0.1, -0.05) is 24.3 Å². The van der Waals surface area contributed by atoms with E-state index in [0.717, 1.165) is 71.3 Å². The smallest absolute Gasteiger partial charge is 0.191 e. The molecule has 0 bridgehead atoms. The molecule has 2 aromatic rings. The molecule has 2 N–H and O–H groups in total. The Labute approximate surface area is 207 Å². The second-order valence-corrected chi connectivity index (χ2v) is 8.92. The molecule has 3 heterocycles. The van der Waals surface area contributed by atoms with Crippen molar-refractivity contribution >= 4 is 46.3 Å². The first kappa shape index (κ1) is 24.3. The number of piperidine rings is 1. The van der Waals surface area contributed by atoms with Crippen LogP contribution in [0.2, 0.25) is 0 Å². The average molecular weight is 556 g/mol. The summed E-state index contributed by atoms with van der Waals surface area (Å²) in [6, 6.07) is 13.7. The molecule has 4 rings (SSSR count). The first-order valence-corrected chi connectivity index (χ1v) is 11.8. The van der Waals surface area contributed by atoms with Gasteiger partial charge in [-0.25, -0.2) is 0 Å². The minimum Gasteiger partial charge on any atom is -0.379 e. The van der Waals surface area contributed by atoms with Crippen molar-refractivity contribution in [1.82, 2.24) is 15.5 Å². The Hall–Kier alpha value is -1.36.